The van der Waals surface area contributed by atoms with Crippen molar-refractivity contribution in [3.8, 4) is 0 Å². The van der Waals surface area contributed by atoms with Gasteiger partial charge in [-0.2, -0.15) is 0 Å². The average molecular weight is 536 g/mol. The first-order valence-electron chi connectivity index (χ1n) is 10.9. The molecule has 3 rings (SSSR count). The summed E-state index contributed by atoms with van der Waals surface area (Å²) in [6, 6.07) is 0. The monoisotopic (exact) mass is 535 g/mol. The van der Waals surface area contributed by atoms with E-state index >= 15 is 0 Å². The van der Waals surface area contributed by atoms with Crippen molar-refractivity contribution in [1.29, 1.82) is 0 Å². The van der Waals surface area contributed by atoms with Gasteiger partial charge in [0.25, 0.3) is 0 Å². The first-order valence-corrected chi connectivity index (χ1v) is 11.8. The summed E-state index contributed by atoms with van der Waals surface area (Å²) in [7, 11) is 1.85. The number of ether oxygens (including phenoxy) is 1. The maximum Gasteiger partial charge on any atom is 0.190 e. The minimum atomic E-state index is 0. The molecule has 2 aliphatic rings. The van der Waals surface area contributed by atoms with E-state index in [0.29, 0.717) is 0 Å². The highest BCUT2D eigenvalue weighted by molar-refractivity contribution is 14.0. The van der Waals surface area contributed by atoms with Gasteiger partial charge in [0.15, 0.2) is 5.96 Å². The SMILES string of the molecule is CCc1nc(CN2CCC(CNC(=NC)NCCCOCC3CC3)CC2)cs1.I. The Balaban J connectivity index is 0.00000300. The number of thiazole rings is 1. The highest BCUT2D eigenvalue weighted by atomic mass is 127. The number of hydrogen-bond acceptors (Lipinski definition) is 5. The molecule has 1 aliphatic heterocycles. The second kappa shape index (κ2) is 13.8. The fourth-order valence-electron chi connectivity index (χ4n) is 3.54. The lowest BCUT2D eigenvalue weighted by atomic mass is 9.97. The summed E-state index contributed by atoms with van der Waals surface area (Å²) in [6.45, 7) is 9.21. The van der Waals surface area contributed by atoms with E-state index in [1.54, 1.807) is 11.3 Å². The van der Waals surface area contributed by atoms with E-state index in [1.807, 2.05) is 7.05 Å². The number of nitrogens with zero attached hydrogens (tertiary/aromatic N) is 3. The quantitative estimate of drug-likeness (QED) is 0.197. The van der Waals surface area contributed by atoms with Crippen molar-refractivity contribution < 1.29 is 4.74 Å². The van der Waals surface area contributed by atoms with Crippen molar-refractivity contribution in [3.05, 3.63) is 16.1 Å². The van der Waals surface area contributed by atoms with Gasteiger partial charge in [-0.25, -0.2) is 4.98 Å². The molecule has 1 aliphatic carbocycles. The number of hydrogen-bond donors (Lipinski definition) is 2. The van der Waals surface area contributed by atoms with E-state index in [0.717, 1.165) is 76.6 Å². The van der Waals surface area contributed by atoms with Crippen molar-refractivity contribution >= 4 is 41.3 Å². The van der Waals surface area contributed by atoms with Crippen LogP contribution < -0.4 is 10.6 Å². The van der Waals surface area contributed by atoms with E-state index in [4.69, 9.17) is 9.72 Å². The number of guanidine groups is 1. The van der Waals surface area contributed by atoms with Gasteiger partial charge in [-0.15, -0.1) is 35.3 Å². The molecule has 0 amide bonds. The Hall–Kier alpha value is -0.450. The fraction of sp³-hybridized carbons (Fsp3) is 0.810. The third kappa shape index (κ3) is 9.48. The lowest BCUT2D eigenvalue weighted by Gasteiger charge is -2.31. The zero-order valence-electron chi connectivity index (χ0n) is 18.0. The van der Waals surface area contributed by atoms with Gasteiger partial charge in [-0.3, -0.25) is 9.89 Å². The number of halogens is 1. The molecule has 166 valence electrons. The first kappa shape index (κ1) is 24.8. The number of piperidine rings is 1. The summed E-state index contributed by atoms with van der Waals surface area (Å²) in [4.78, 5) is 11.6. The fourth-order valence-corrected chi connectivity index (χ4v) is 4.27. The van der Waals surface area contributed by atoms with Crippen LogP contribution in [0.1, 0.15) is 49.7 Å². The Morgan fingerprint density at radius 2 is 2.03 bits per heavy atom. The van der Waals surface area contributed by atoms with Gasteiger partial charge in [-0.1, -0.05) is 6.92 Å². The van der Waals surface area contributed by atoms with Crippen LogP contribution in [0, 0.1) is 11.8 Å². The van der Waals surface area contributed by atoms with Crippen molar-refractivity contribution in [2.45, 2.75) is 52.0 Å². The number of nitrogens with one attached hydrogen (secondary N) is 2. The molecule has 0 aromatic carbocycles. The number of likely N-dealkylation sites (tertiary alicyclic amines) is 1. The Morgan fingerprint density at radius 3 is 2.69 bits per heavy atom. The highest BCUT2D eigenvalue weighted by Gasteiger charge is 2.21. The van der Waals surface area contributed by atoms with Crippen LogP contribution in [0.2, 0.25) is 0 Å². The molecule has 2 fully saturated rings. The van der Waals surface area contributed by atoms with E-state index < -0.39 is 0 Å². The van der Waals surface area contributed by atoms with E-state index in [2.05, 4.69) is 32.8 Å². The third-order valence-corrected chi connectivity index (χ3v) is 6.63. The van der Waals surface area contributed by atoms with Crippen molar-refractivity contribution in [1.82, 2.24) is 20.5 Å². The molecule has 1 aromatic heterocycles. The van der Waals surface area contributed by atoms with Gasteiger partial charge in [0, 0.05) is 45.3 Å². The predicted molar refractivity (Wildman–Crippen MR) is 132 cm³/mol. The van der Waals surface area contributed by atoms with E-state index in [9.17, 15) is 0 Å². The number of aliphatic imine (C=N–C) groups is 1. The largest absolute Gasteiger partial charge is 0.381 e. The molecule has 2 heterocycles. The molecule has 0 radical (unpaired) electrons. The van der Waals surface area contributed by atoms with Crippen LogP contribution in [0.25, 0.3) is 0 Å². The van der Waals surface area contributed by atoms with Gasteiger partial charge in [0.2, 0.25) is 0 Å². The average Bonchev–Trinajstić information content (AvgIpc) is 3.44. The molecule has 29 heavy (non-hydrogen) atoms. The molecule has 0 atom stereocenters. The molecule has 0 unspecified atom stereocenters. The van der Waals surface area contributed by atoms with Crippen LogP contribution in [0.3, 0.4) is 0 Å². The molecule has 6 nitrogen and oxygen atoms in total. The molecule has 1 aromatic rings. The maximum absolute atomic E-state index is 5.68. The van der Waals surface area contributed by atoms with Gasteiger partial charge in [-0.05, 0) is 63.5 Å². The van der Waals surface area contributed by atoms with Crippen LogP contribution in [0.5, 0.6) is 0 Å². The van der Waals surface area contributed by atoms with Crippen LogP contribution in [-0.2, 0) is 17.7 Å². The Labute approximate surface area is 197 Å². The first-order chi connectivity index (χ1) is 13.8. The second-order valence-corrected chi connectivity index (χ2v) is 9.00. The highest BCUT2D eigenvalue weighted by Crippen LogP contribution is 2.28. The molecule has 2 N–H and O–H groups in total. The normalized spacial score (nSPS) is 18.5. The maximum atomic E-state index is 5.68. The molecule has 0 spiro atoms. The minimum absolute atomic E-state index is 0. The molecule has 1 saturated heterocycles. The zero-order chi connectivity index (χ0) is 19.6. The van der Waals surface area contributed by atoms with E-state index in [1.165, 1.54) is 36.4 Å². The topological polar surface area (TPSA) is 61.8 Å². The molecule has 8 heteroatoms. The Kier molecular flexibility index (Phi) is 11.8. The smallest absolute Gasteiger partial charge is 0.190 e. The zero-order valence-corrected chi connectivity index (χ0v) is 21.1. The standard InChI is InChI=1S/C21H37N5OS.HI/c1-3-20-25-19(16-28-20)14-26-10-7-17(8-11-26)13-24-21(22-2)23-9-4-12-27-15-18-5-6-18;/h16-18H,3-15H2,1-2H3,(H2,22,23,24);1H. The van der Waals surface area contributed by atoms with Crippen molar-refractivity contribution in [2.75, 3.05) is 46.4 Å². The van der Waals surface area contributed by atoms with Crippen LogP contribution >= 0.6 is 35.3 Å². The predicted octanol–water partition coefficient (Wildman–Crippen LogP) is 3.52. The third-order valence-electron chi connectivity index (χ3n) is 5.58. The van der Waals surface area contributed by atoms with Crippen molar-refractivity contribution in [2.24, 2.45) is 16.8 Å². The lowest BCUT2D eigenvalue weighted by Crippen LogP contribution is -2.43. The number of aromatic nitrogens is 1. The summed E-state index contributed by atoms with van der Waals surface area (Å²) < 4.78 is 5.68. The molecule has 1 saturated carbocycles. The molecule has 0 bridgehead atoms. The van der Waals surface area contributed by atoms with Crippen LogP contribution in [0.4, 0.5) is 0 Å². The summed E-state index contributed by atoms with van der Waals surface area (Å²) in [5.74, 6) is 2.49. The Morgan fingerprint density at radius 1 is 1.24 bits per heavy atom. The van der Waals surface area contributed by atoms with Crippen LogP contribution in [0.15, 0.2) is 10.4 Å². The van der Waals surface area contributed by atoms with Gasteiger partial charge >= 0.3 is 0 Å². The van der Waals surface area contributed by atoms with Gasteiger partial charge in [0.05, 0.1) is 10.7 Å². The minimum Gasteiger partial charge on any atom is -0.381 e. The van der Waals surface area contributed by atoms with Gasteiger partial charge in [0.1, 0.15) is 0 Å². The van der Waals surface area contributed by atoms with E-state index in [-0.39, 0.29) is 24.0 Å². The summed E-state index contributed by atoms with van der Waals surface area (Å²) in [5.41, 5.74) is 1.24. The van der Waals surface area contributed by atoms with Crippen molar-refractivity contribution in [3.63, 3.8) is 0 Å². The second-order valence-electron chi connectivity index (χ2n) is 8.06. The summed E-state index contributed by atoms with van der Waals surface area (Å²) >= 11 is 1.79. The lowest BCUT2D eigenvalue weighted by molar-refractivity contribution is 0.123. The summed E-state index contributed by atoms with van der Waals surface area (Å²) in [5, 5.41) is 10.4. The Bertz CT molecular complexity index is 600. The summed E-state index contributed by atoms with van der Waals surface area (Å²) in [6.07, 6.45) is 7.27. The molecular formula is C21H38IN5OS. The number of aryl methyl sites for hydroxylation is 1. The van der Waals surface area contributed by atoms with Gasteiger partial charge < -0.3 is 15.4 Å². The number of rotatable bonds is 11. The van der Waals surface area contributed by atoms with Crippen LogP contribution in [-0.4, -0.2) is 62.3 Å². The molecular weight excluding hydrogens is 497 g/mol.